The molecule has 0 spiro atoms. The predicted molar refractivity (Wildman–Crippen MR) is 56.5 cm³/mol. The first kappa shape index (κ1) is 10.1. The molecule has 1 aromatic heterocycles. The highest BCUT2D eigenvalue weighted by molar-refractivity contribution is 8.00. The van der Waals surface area contributed by atoms with Crippen LogP contribution in [-0.2, 0) is 12.8 Å². The summed E-state index contributed by atoms with van der Waals surface area (Å²) in [6.45, 7) is 0.132. The number of thioether (sulfide) groups is 1. The summed E-state index contributed by atoms with van der Waals surface area (Å²) in [5, 5.41) is 9.41. The zero-order chi connectivity index (χ0) is 9.80. The van der Waals surface area contributed by atoms with Crippen LogP contribution < -0.4 is 0 Å². The summed E-state index contributed by atoms with van der Waals surface area (Å²) >= 11 is 2.01. The lowest BCUT2D eigenvalue weighted by atomic mass is 10.2. The van der Waals surface area contributed by atoms with Gasteiger partial charge >= 0.3 is 0 Å². The quantitative estimate of drug-likeness (QED) is 0.826. The fourth-order valence-electron chi connectivity index (χ4n) is 1.67. The van der Waals surface area contributed by atoms with Crippen molar-refractivity contribution >= 4 is 11.8 Å². The van der Waals surface area contributed by atoms with Gasteiger partial charge in [0.15, 0.2) is 5.89 Å². The van der Waals surface area contributed by atoms with E-state index < -0.39 is 0 Å². The molecule has 0 aliphatic carbocycles. The minimum atomic E-state index is 0.132. The highest BCUT2D eigenvalue weighted by atomic mass is 32.2. The Kier molecular flexibility index (Phi) is 3.48. The summed E-state index contributed by atoms with van der Waals surface area (Å²) in [4.78, 5) is 4.21. The number of oxazole rings is 1. The lowest BCUT2D eigenvalue weighted by Crippen LogP contribution is -2.01. The lowest BCUT2D eigenvalue weighted by molar-refractivity contribution is 0.285. The van der Waals surface area contributed by atoms with Crippen molar-refractivity contribution in [3.63, 3.8) is 0 Å². The van der Waals surface area contributed by atoms with Crippen LogP contribution in [0.5, 0.6) is 0 Å². The van der Waals surface area contributed by atoms with Gasteiger partial charge in [0.2, 0.25) is 0 Å². The van der Waals surface area contributed by atoms with E-state index >= 15 is 0 Å². The van der Waals surface area contributed by atoms with Gasteiger partial charge in [-0.05, 0) is 18.6 Å². The molecule has 1 aromatic rings. The topological polar surface area (TPSA) is 46.3 Å². The maximum atomic E-state index is 8.72. The fraction of sp³-hybridized carbons (Fsp3) is 0.700. The molecule has 1 saturated heterocycles. The van der Waals surface area contributed by atoms with Gasteiger partial charge in [-0.2, -0.15) is 11.8 Å². The molecule has 3 nitrogen and oxygen atoms in total. The van der Waals surface area contributed by atoms with Gasteiger partial charge in [-0.15, -0.1) is 0 Å². The van der Waals surface area contributed by atoms with Crippen LogP contribution in [0.25, 0.3) is 0 Å². The van der Waals surface area contributed by atoms with Gasteiger partial charge in [0, 0.05) is 18.1 Å². The van der Waals surface area contributed by atoms with Crippen molar-refractivity contribution in [2.75, 3.05) is 12.4 Å². The molecule has 1 unspecified atom stereocenters. The monoisotopic (exact) mass is 213 g/mol. The summed E-state index contributed by atoms with van der Waals surface area (Å²) in [7, 11) is 0. The normalized spacial score (nSPS) is 21.6. The number of aliphatic hydroxyl groups is 1. The Bertz CT molecular complexity index is 281. The Morgan fingerprint density at radius 2 is 2.57 bits per heavy atom. The van der Waals surface area contributed by atoms with Crippen LogP contribution in [0, 0.1) is 0 Å². The van der Waals surface area contributed by atoms with E-state index in [4.69, 9.17) is 9.52 Å². The standard InChI is InChI=1S/C10H15NO2S/c12-4-3-8-7-11-10(13-8)6-9-2-1-5-14-9/h7,9,12H,1-6H2. The molecule has 2 heterocycles. The van der Waals surface area contributed by atoms with Gasteiger partial charge in [0.05, 0.1) is 12.8 Å². The minimum Gasteiger partial charge on any atom is -0.446 e. The van der Waals surface area contributed by atoms with E-state index in [1.807, 2.05) is 11.8 Å². The number of hydrogen-bond acceptors (Lipinski definition) is 4. The van der Waals surface area contributed by atoms with Crippen LogP contribution in [0.15, 0.2) is 10.6 Å². The molecule has 1 atom stereocenters. The van der Waals surface area contributed by atoms with Gasteiger partial charge in [-0.1, -0.05) is 0 Å². The molecule has 0 radical (unpaired) electrons. The summed E-state index contributed by atoms with van der Waals surface area (Å²) < 4.78 is 5.50. The minimum absolute atomic E-state index is 0.132. The average Bonchev–Trinajstić information content (AvgIpc) is 2.79. The Morgan fingerprint density at radius 3 is 3.29 bits per heavy atom. The second-order valence-electron chi connectivity index (χ2n) is 3.53. The second-order valence-corrected chi connectivity index (χ2v) is 4.94. The van der Waals surface area contributed by atoms with Crippen molar-refractivity contribution in [1.82, 2.24) is 4.98 Å². The van der Waals surface area contributed by atoms with E-state index in [-0.39, 0.29) is 6.61 Å². The molecular weight excluding hydrogens is 198 g/mol. The van der Waals surface area contributed by atoms with Crippen molar-refractivity contribution in [2.45, 2.75) is 30.9 Å². The van der Waals surface area contributed by atoms with Crippen molar-refractivity contribution in [1.29, 1.82) is 0 Å². The molecule has 4 heteroatoms. The third kappa shape index (κ3) is 2.51. The zero-order valence-electron chi connectivity index (χ0n) is 8.11. The summed E-state index contributed by atoms with van der Waals surface area (Å²) in [5.74, 6) is 2.90. The van der Waals surface area contributed by atoms with Gasteiger partial charge in [-0.3, -0.25) is 0 Å². The summed E-state index contributed by atoms with van der Waals surface area (Å²) in [5.41, 5.74) is 0. The Balaban J connectivity index is 1.88. The van der Waals surface area contributed by atoms with Gasteiger partial charge in [-0.25, -0.2) is 4.98 Å². The summed E-state index contributed by atoms with van der Waals surface area (Å²) in [6.07, 6.45) is 5.84. The molecule has 0 amide bonds. The van der Waals surface area contributed by atoms with Crippen LogP contribution in [0.1, 0.15) is 24.5 Å². The molecule has 1 N–H and O–H groups in total. The second kappa shape index (κ2) is 4.84. The first-order valence-corrected chi connectivity index (χ1v) is 6.09. The van der Waals surface area contributed by atoms with Crippen molar-refractivity contribution in [3.8, 4) is 0 Å². The Labute approximate surface area is 87.9 Å². The molecule has 0 saturated carbocycles. The van der Waals surface area contributed by atoms with E-state index in [1.165, 1.54) is 18.6 Å². The SMILES string of the molecule is OCCc1cnc(CC2CCCS2)o1. The van der Waals surface area contributed by atoms with E-state index in [2.05, 4.69) is 4.98 Å². The average molecular weight is 213 g/mol. The maximum absolute atomic E-state index is 8.72. The van der Waals surface area contributed by atoms with Gasteiger partial charge < -0.3 is 9.52 Å². The lowest BCUT2D eigenvalue weighted by Gasteiger charge is -2.03. The molecule has 14 heavy (non-hydrogen) atoms. The first-order valence-electron chi connectivity index (χ1n) is 5.04. The number of rotatable bonds is 4. The number of aromatic nitrogens is 1. The maximum Gasteiger partial charge on any atom is 0.195 e. The summed E-state index contributed by atoms with van der Waals surface area (Å²) in [6, 6.07) is 0. The molecule has 1 fully saturated rings. The van der Waals surface area contributed by atoms with Crippen LogP contribution in [0.3, 0.4) is 0 Å². The van der Waals surface area contributed by atoms with E-state index in [0.29, 0.717) is 11.7 Å². The smallest absolute Gasteiger partial charge is 0.195 e. The molecule has 1 aliphatic rings. The third-order valence-electron chi connectivity index (χ3n) is 2.39. The van der Waals surface area contributed by atoms with Crippen molar-refractivity contribution < 1.29 is 9.52 Å². The van der Waals surface area contributed by atoms with E-state index in [0.717, 1.165) is 18.1 Å². The number of nitrogens with zero attached hydrogens (tertiary/aromatic N) is 1. The van der Waals surface area contributed by atoms with Crippen molar-refractivity contribution in [2.24, 2.45) is 0 Å². The predicted octanol–water partition coefficient (Wildman–Crippen LogP) is 1.65. The largest absolute Gasteiger partial charge is 0.446 e. The van der Waals surface area contributed by atoms with E-state index in [9.17, 15) is 0 Å². The molecule has 1 aliphatic heterocycles. The van der Waals surface area contributed by atoms with Crippen molar-refractivity contribution in [3.05, 3.63) is 17.8 Å². The van der Waals surface area contributed by atoms with Crippen LogP contribution in [0.2, 0.25) is 0 Å². The highest BCUT2D eigenvalue weighted by Gasteiger charge is 2.18. The van der Waals surface area contributed by atoms with Crippen LogP contribution in [0.4, 0.5) is 0 Å². The van der Waals surface area contributed by atoms with Gasteiger partial charge in [0.25, 0.3) is 0 Å². The Hall–Kier alpha value is -0.480. The molecular formula is C10H15NO2S. The number of hydrogen-bond donors (Lipinski definition) is 1. The van der Waals surface area contributed by atoms with Crippen LogP contribution in [-0.4, -0.2) is 27.7 Å². The number of aliphatic hydroxyl groups excluding tert-OH is 1. The molecule has 2 rings (SSSR count). The fourth-order valence-corrected chi connectivity index (χ4v) is 2.93. The van der Waals surface area contributed by atoms with Crippen LogP contribution >= 0.6 is 11.8 Å². The zero-order valence-corrected chi connectivity index (χ0v) is 8.92. The molecule has 78 valence electrons. The first-order chi connectivity index (χ1) is 6.88. The molecule has 0 aromatic carbocycles. The highest BCUT2D eigenvalue weighted by Crippen LogP contribution is 2.28. The third-order valence-corrected chi connectivity index (χ3v) is 3.78. The Morgan fingerprint density at radius 1 is 1.64 bits per heavy atom. The van der Waals surface area contributed by atoms with Gasteiger partial charge in [0.1, 0.15) is 5.76 Å². The van der Waals surface area contributed by atoms with E-state index in [1.54, 1.807) is 6.20 Å². The molecule has 0 bridgehead atoms.